The number of morpholine rings is 1. The number of hydrogen-bond acceptors (Lipinski definition) is 3. The highest BCUT2D eigenvalue weighted by Crippen LogP contribution is 2.23. The van der Waals surface area contributed by atoms with Gasteiger partial charge in [-0.3, -0.25) is 4.79 Å². The van der Waals surface area contributed by atoms with Crippen molar-refractivity contribution in [3.05, 3.63) is 0 Å². The summed E-state index contributed by atoms with van der Waals surface area (Å²) in [6, 6.07) is 0.447. The highest BCUT2D eigenvalue weighted by molar-refractivity contribution is 5.81. The Morgan fingerprint density at radius 1 is 1.40 bits per heavy atom. The Labute approximate surface area is 91.0 Å². The summed E-state index contributed by atoms with van der Waals surface area (Å²) in [5.41, 5.74) is 0. The second-order valence-electron chi connectivity index (χ2n) is 4.45. The predicted octanol–water partition coefficient (Wildman–Crippen LogP) is 0.376. The van der Waals surface area contributed by atoms with Gasteiger partial charge in [0.15, 0.2) is 0 Å². The van der Waals surface area contributed by atoms with Crippen molar-refractivity contribution >= 4 is 5.91 Å². The molecule has 0 bridgehead atoms. The van der Waals surface area contributed by atoms with Gasteiger partial charge in [0.1, 0.15) is 6.10 Å². The monoisotopic (exact) mass is 212 g/mol. The van der Waals surface area contributed by atoms with E-state index in [1.54, 1.807) is 0 Å². The Hall–Kier alpha value is -0.610. The van der Waals surface area contributed by atoms with Crippen molar-refractivity contribution in [2.45, 2.75) is 37.8 Å². The predicted molar refractivity (Wildman–Crippen MR) is 57.6 cm³/mol. The molecule has 1 atom stereocenters. The van der Waals surface area contributed by atoms with Gasteiger partial charge in [-0.2, -0.15) is 0 Å². The van der Waals surface area contributed by atoms with Crippen LogP contribution in [0, 0.1) is 0 Å². The molecule has 0 aromatic carbocycles. The topological polar surface area (TPSA) is 41.6 Å². The van der Waals surface area contributed by atoms with E-state index in [-0.39, 0.29) is 12.0 Å². The minimum Gasteiger partial charge on any atom is -0.366 e. The second kappa shape index (κ2) is 4.94. The molecule has 0 spiro atoms. The third-order valence-corrected chi connectivity index (χ3v) is 3.42. The summed E-state index contributed by atoms with van der Waals surface area (Å²) in [6.45, 7) is 2.17. The van der Waals surface area contributed by atoms with Crippen molar-refractivity contribution in [2.24, 2.45) is 0 Å². The van der Waals surface area contributed by atoms with E-state index in [9.17, 15) is 4.79 Å². The first-order valence-corrected chi connectivity index (χ1v) is 5.88. The molecule has 1 amide bonds. The summed E-state index contributed by atoms with van der Waals surface area (Å²) in [6.07, 6.45) is 4.56. The lowest BCUT2D eigenvalue weighted by Gasteiger charge is -2.30. The molecule has 0 unspecified atom stereocenters. The van der Waals surface area contributed by atoms with Crippen LogP contribution in [0.25, 0.3) is 0 Å². The van der Waals surface area contributed by atoms with Gasteiger partial charge in [0, 0.05) is 26.2 Å². The molecule has 15 heavy (non-hydrogen) atoms. The fourth-order valence-electron chi connectivity index (χ4n) is 2.42. The van der Waals surface area contributed by atoms with E-state index < -0.39 is 0 Å². The molecule has 1 N–H and O–H groups in total. The van der Waals surface area contributed by atoms with Gasteiger partial charge in [0.2, 0.25) is 0 Å². The van der Waals surface area contributed by atoms with Crippen molar-refractivity contribution in [3.8, 4) is 0 Å². The summed E-state index contributed by atoms with van der Waals surface area (Å²) in [5.74, 6) is 0.147. The molecule has 2 fully saturated rings. The smallest absolute Gasteiger partial charge is 0.253 e. The van der Waals surface area contributed by atoms with Crippen molar-refractivity contribution in [1.29, 1.82) is 0 Å². The Kier molecular flexibility index (Phi) is 3.59. The van der Waals surface area contributed by atoms with Crippen LogP contribution >= 0.6 is 0 Å². The van der Waals surface area contributed by atoms with Crippen LogP contribution in [0.15, 0.2) is 0 Å². The number of nitrogens with one attached hydrogen (secondary N) is 1. The third-order valence-electron chi connectivity index (χ3n) is 3.42. The quantitative estimate of drug-likeness (QED) is 0.719. The zero-order valence-corrected chi connectivity index (χ0v) is 9.37. The lowest BCUT2D eigenvalue weighted by Crippen LogP contribution is -2.50. The summed E-state index contributed by atoms with van der Waals surface area (Å²) in [5, 5.41) is 3.19. The van der Waals surface area contributed by atoms with Gasteiger partial charge in [-0.25, -0.2) is 0 Å². The Morgan fingerprint density at radius 3 is 2.73 bits per heavy atom. The van der Waals surface area contributed by atoms with Gasteiger partial charge >= 0.3 is 0 Å². The number of hydrogen-bond donors (Lipinski definition) is 1. The van der Waals surface area contributed by atoms with Gasteiger partial charge in [0.25, 0.3) is 5.91 Å². The maximum absolute atomic E-state index is 12.0. The molecule has 2 rings (SSSR count). The van der Waals surface area contributed by atoms with Crippen molar-refractivity contribution in [1.82, 2.24) is 10.2 Å². The van der Waals surface area contributed by atoms with E-state index in [1.807, 2.05) is 11.9 Å². The molecule has 1 saturated carbocycles. The standard InChI is InChI=1S/C11H20N2O2/c1-13(9-4-2-3-5-9)11(14)10-8-12-6-7-15-10/h9-10,12H,2-8H2,1H3/t10-/m1/s1. The highest BCUT2D eigenvalue weighted by Gasteiger charge is 2.30. The summed E-state index contributed by atoms with van der Waals surface area (Å²) in [4.78, 5) is 13.9. The van der Waals surface area contributed by atoms with Crippen LogP contribution in [0.5, 0.6) is 0 Å². The van der Waals surface area contributed by atoms with Gasteiger partial charge in [-0.15, -0.1) is 0 Å². The number of amides is 1. The van der Waals surface area contributed by atoms with Crippen LogP contribution in [0.3, 0.4) is 0 Å². The van der Waals surface area contributed by atoms with Crippen LogP contribution < -0.4 is 5.32 Å². The van der Waals surface area contributed by atoms with E-state index >= 15 is 0 Å². The van der Waals surface area contributed by atoms with Crippen LogP contribution in [0.2, 0.25) is 0 Å². The summed E-state index contributed by atoms with van der Waals surface area (Å²) >= 11 is 0. The lowest BCUT2D eigenvalue weighted by molar-refractivity contribution is -0.145. The number of carbonyl (C=O) groups is 1. The first kappa shape index (κ1) is 10.9. The number of rotatable bonds is 2. The van der Waals surface area contributed by atoms with Crippen molar-refractivity contribution in [3.63, 3.8) is 0 Å². The molecule has 1 saturated heterocycles. The molecule has 1 aliphatic carbocycles. The molecule has 0 aromatic rings. The van der Waals surface area contributed by atoms with Crippen LogP contribution in [-0.2, 0) is 9.53 Å². The Morgan fingerprint density at radius 2 is 2.13 bits per heavy atom. The van der Waals surface area contributed by atoms with E-state index in [0.717, 1.165) is 19.4 Å². The lowest BCUT2D eigenvalue weighted by atomic mass is 10.2. The molecule has 0 aromatic heterocycles. The van der Waals surface area contributed by atoms with Gasteiger partial charge < -0.3 is 15.0 Å². The first-order valence-electron chi connectivity index (χ1n) is 5.88. The second-order valence-corrected chi connectivity index (χ2v) is 4.45. The zero-order chi connectivity index (χ0) is 10.7. The molecule has 2 aliphatic rings. The fourth-order valence-corrected chi connectivity index (χ4v) is 2.42. The average molecular weight is 212 g/mol. The van der Waals surface area contributed by atoms with Gasteiger partial charge in [0.05, 0.1) is 6.61 Å². The molecule has 0 radical (unpaired) electrons. The summed E-state index contributed by atoms with van der Waals surface area (Å²) < 4.78 is 5.47. The number of likely N-dealkylation sites (N-methyl/N-ethyl adjacent to an activating group) is 1. The van der Waals surface area contributed by atoms with Crippen LogP contribution in [0.1, 0.15) is 25.7 Å². The Balaban J connectivity index is 1.87. The maximum atomic E-state index is 12.0. The SMILES string of the molecule is CN(C(=O)[C@H]1CNCCO1)C1CCCC1. The molecule has 86 valence electrons. The van der Waals surface area contributed by atoms with Crippen LogP contribution in [0.4, 0.5) is 0 Å². The van der Waals surface area contributed by atoms with E-state index in [0.29, 0.717) is 19.2 Å². The summed E-state index contributed by atoms with van der Waals surface area (Å²) in [7, 11) is 1.91. The number of nitrogens with zero attached hydrogens (tertiary/aromatic N) is 1. The third kappa shape index (κ3) is 2.49. The normalized spacial score (nSPS) is 27.9. The largest absolute Gasteiger partial charge is 0.366 e. The minimum absolute atomic E-state index is 0.147. The Bertz CT molecular complexity index is 221. The number of ether oxygens (including phenoxy) is 1. The fraction of sp³-hybridized carbons (Fsp3) is 0.909. The average Bonchev–Trinajstić information content (AvgIpc) is 2.82. The number of carbonyl (C=O) groups excluding carboxylic acids is 1. The van der Waals surface area contributed by atoms with E-state index in [1.165, 1.54) is 12.8 Å². The molecule has 1 aliphatic heterocycles. The van der Waals surface area contributed by atoms with Crippen molar-refractivity contribution in [2.75, 3.05) is 26.7 Å². The van der Waals surface area contributed by atoms with Gasteiger partial charge in [-0.1, -0.05) is 12.8 Å². The molecule has 4 heteroatoms. The first-order chi connectivity index (χ1) is 7.29. The maximum Gasteiger partial charge on any atom is 0.253 e. The van der Waals surface area contributed by atoms with E-state index in [2.05, 4.69) is 5.32 Å². The van der Waals surface area contributed by atoms with Crippen LogP contribution in [-0.4, -0.2) is 49.7 Å². The molecular weight excluding hydrogens is 192 g/mol. The molecule has 4 nitrogen and oxygen atoms in total. The molecule has 1 heterocycles. The van der Waals surface area contributed by atoms with E-state index in [4.69, 9.17) is 4.74 Å². The van der Waals surface area contributed by atoms with Gasteiger partial charge in [-0.05, 0) is 12.8 Å². The molecular formula is C11H20N2O2. The highest BCUT2D eigenvalue weighted by atomic mass is 16.5. The van der Waals surface area contributed by atoms with Crippen molar-refractivity contribution < 1.29 is 9.53 Å². The zero-order valence-electron chi connectivity index (χ0n) is 9.37. The minimum atomic E-state index is -0.260.